The van der Waals surface area contributed by atoms with Crippen LogP contribution in [0.3, 0.4) is 0 Å². The zero-order valence-electron chi connectivity index (χ0n) is 10.1. The normalized spacial score (nSPS) is 11.7. The number of hydrogen-bond donors (Lipinski definition) is 2. The van der Waals surface area contributed by atoms with Crippen molar-refractivity contribution in [2.45, 2.75) is 18.4 Å². The van der Waals surface area contributed by atoms with Gasteiger partial charge >= 0.3 is 0 Å². The molecule has 0 saturated heterocycles. The Morgan fingerprint density at radius 3 is 2.74 bits per heavy atom. The van der Waals surface area contributed by atoms with Crippen molar-refractivity contribution in [3.8, 4) is 0 Å². The summed E-state index contributed by atoms with van der Waals surface area (Å²) in [6.07, 6.45) is 0. The number of nitrogen functional groups attached to an aromatic ring is 1. The molecule has 0 spiro atoms. The molecule has 0 atom stereocenters. The van der Waals surface area contributed by atoms with Crippen molar-refractivity contribution in [3.05, 3.63) is 40.7 Å². The molecular weight excluding hydrogens is 290 g/mol. The molecule has 0 amide bonds. The van der Waals surface area contributed by atoms with Gasteiger partial charge in [-0.1, -0.05) is 16.8 Å². The summed E-state index contributed by atoms with van der Waals surface area (Å²) in [5, 5.41) is 3.74. The van der Waals surface area contributed by atoms with Gasteiger partial charge in [0.25, 0.3) is 0 Å². The van der Waals surface area contributed by atoms with E-state index < -0.39 is 10.0 Å². The van der Waals surface area contributed by atoms with Crippen molar-refractivity contribution in [3.63, 3.8) is 0 Å². The molecule has 8 heteroatoms. The van der Waals surface area contributed by atoms with Gasteiger partial charge in [-0.05, 0) is 25.1 Å². The van der Waals surface area contributed by atoms with E-state index in [9.17, 15) is 8.42 Å². The third-order valence-electron chi connectivity index (χ3n) is 2.36. The Morgan fingerprint density at radius 2 is 2.16 bits per heavy atom. The quantitative estimate of drug-likeness (QED) is 0.837. The molecule has 102 valence electrons. The van der Waals surface area contributed by atoms with Gasteiger partial charge in [0.1, 0.15) is 4.90 Å². The van der Waals surface area contributed by atoms with Gasteiger partial charge in [-0.3, -0.25) is 0 Å². The Hall–Kier alpha value is -1.57. The van der Waals surface area contributed by atoms with Crippen molar-refractivity contribution in [2.24, 2.45) is 0 Å². The van der Waals surface area contributed by atoms with Crippen molar-refractivity contribution in [1.82, 2.24) is 9.88 Å². The fourth-order valence-corrected chi connectivity index (χ4v) is 3.02. The first-order valence-electron chi connectivity index (χ1n) is 5.35. The minimum absolute atomic E-state index is 0.00385. The average molecular weight is 302 g/mol. The molecule has 0 aliphatic rings. The van der Waals surface area contributed by atoms with Crippen molar-refractivity contribution in [2.75, 3.05) is 5.73 Å². The van der Waals surface area contributed by atoms with E-state index in [1.165, 1.54) is 18.2 Å². The summed E-state index contributed by atoms with van der Waals surface area (Å²) in [7, 11) is -3.72. The van der Waals surface area contributed by atoms with E-state index in [1.54, 1.807) is 13.0 Å². The predicted octanol–water partition coefficient (Wildman–Crippen LogP) is 1.70. The highest BCUT2D eigenvalue weighted by molar-refractivity contribution is 7.89. The van der Waals surface area contributed by atoms with Crippen LogP contribution in [0.2, 0.25) is 5.02 Å². The van der Waals surface area contributed by atoms with E-state index in [0.717, 1.165) is 0 Å². The second kappa shape index (κ2) is 5.20. The topological polar surface area (TPSA) is 98.2 Å². The van der Waals surface area contributed by atoms with Crippen LogP contribution < -0.4 is 10.5 Å². The molecule has 6 nitrogen and oxygen atoms in total. The molecule has 1 heterocycles. The molecule has 1 aromatic heterocycles. The van der Waals surface area contributed by atoms with Crippen LogP contribution in [0.1, 0.15) is 11.5 Å². The van der Waals surface area contributed by atoms with Gasteiger partial charge in [0.05, 0.1) is 17.3 Å². The van der Waals surface area contributed by atoms with Crippen LogP contribution in [-0.4, -0.2) is 13.6 Å². The minimum Gasteiger partial charge on any atom is -0.399 e. The van der Waals surface area contributed by atoms with Crippen LogP contribution in [0, 0.1) is 6.92 Å². The summed E-state index contributed by atoms with van der Waals surface area (Å²) in [5.74, 6) is 0.424. The number of aryl methyl sites for hydroxylation is 1. The Morgan fingerprint density at radius 1 is 1.42 bits per heavy atom. The maximum atomic E-state index is 12.0. The maximum Gasteiger partial charge on any atom is 0.242 e. The van der Waals surface area contributed by atoms with E-state index in [-0.39, 0.29) is 16.5 Å². The lowest BCUT2D eigenvalue weighted by atomic mass is 10.3. The maximum absolute atomic E-state index is 12.0. The third-order valence-corrected chi connectivity index (χ3v) is 4.24. The molecular formula is C11H12ClN3O3S. The SMILES string of the molecule is Cc1cc(CNS(=O)(=O)c2ccc(N)cc2Cl)on1. The van der Waals surface area contributed by atoms with Crippen LogP contribution in [-0.2, 0) is 16.6 Å². The Labute approximate surface area is 115 Å². The third kappa shape index (κ3) is 3.25. The molecule has 0 fully saturated rings. The first-order chi connectivity index (χ1) is 8.88. The highest BCUT2D eigenvalue weighted by Gasteiger charge is 2.18. The Kier molecular flexibility index (Phi) is 3.79. The van der Waals surface area contributed by atoms with E-state index in [2.05, 4.69) is 9.88 Å². The summed E-state index contributed by atoms with van der Waals surface area (Å²) in [6.45, 7) is 1.75. The van der Waals surface area contributed by atoms with Gasteiger partial charge in [-0.15, -0.1) is 0 Å². The number of aromatic nitrogens is 1. The molecule has 1 aromatic carbocycles. The molecule has 0 radical (unpaired) electrons. The number of anilines is 1. The lowest BCUT2D eigenvalue weighted by Gasteiger charge is -2.07. The number of halogens is 1. The number of sulfonamides is 1. The molecule has 2 rings (SSSR count). The fraction of sp³-hybridized carbons (Fsp3) is 0.182. The molecule has 2 aromatic rings. The van der Waals surface area contributed by atoms with E-state index >= 15 is 0 Å². The minimum atomic E-state index is -3.72. The summed E-state index contributed by atoms with van der Waals surface area (Å²) >= 11 is 5.86. The lowest BCUT2D eigenvalue weighted by Crippen LogP contribution is -2.23. The van der Waals surface area contributed by atoms with Gasteiger partial charge in [0, 0.05) is 11.8 Å². The molecule has 0 saturated carbocycles. The molecule has 0 bridgehead atoms. The first kappa shape index (κ1) is 13.9. The van der Waals surface area contributed by atoms with Gasteiger partial charge in [0.15, 0.2) is 5.76 Å². The summed E-state index contributed by atoms with van der Waals surface area (Å²) in [5.41, 5.74) is 6.59. The Balaban J connectivity index is 2.18. The monoisotopic (exact) mass is 301 g/mol. The fourth-order valence-electron chi connectivity index (χ4n) is 1.48. The number of nitrogens with one attached hydrogen (secondary N) is 1. The predicted molar refractivity (Wildman–Crippen MR) is 71.1 cm³/mol. The molecule has 0 aliphatic carbocycles. The highest BCUT2D eigenvalue weighted by Crippen LogP contribution is 2.23. The molecule has 0 unspecified atom stereocenters. The summed E-state index contributed by atoms with van der Waals surface area (Å²) < 4.78 is 31.4. The smallest absolute Gasteiger partial charge is 0.242 e. The molecule has 3 N–H and O–H groups in total. The molecule has 19 heavy (non-hydrogen) atoms. The van der Waals surface area contributed by atoms with Crippen molar-refractivity contribution in [1.29, 1.82) is 0 Å². The summed E-state index contributed by atoms with van der Waals surface area (Å²) in [6, 6.07) is 5.85. The van der Waals surface area contributed by atoms with Gasteiger partial charge in [-0.25, -0.2) is 13.1 Å². The van der Waals surface area contributed by atoms with Crippen LogP contribution in [0.25, 0.3) is 0 Å². The lowest BCUT2D eigenvalue weighted by molar-refractivity contribution is 0.377. The van der Waals surface area contributed by atoms with E-state index in [1.807, 2.05) is 0 Å². The van der Waals surface area contributed by atoms with Crippen LogP contribution in [0.5, 0.6) is 0 Å². The largest absolute Gasteiger partial charge is 0.399 e. The van der Waals surface area contributed by atoms with Crippen LogP contribution in [0.4, 0.5) is 5.69 Å². The van der Waals surface area contributed by atoms with Gasteiger partial charge in [0.2, 0.25) is 10.0 Å². The highest BCUT2D eigenvalue weighted by atomic mass is 35.5. The van der Waals surface area contributed by atoms with E-state index in [0.29, 0.717) is 17.1 Å². The van der Waals surface area contributed by atoms with Crippen molar-refractivity contribution >= 4 is 27.3 Å². The van der Waals surface area contributed by atoms with Gasteiger partial charge < -0.3 is 10.3 Å². The Bertz CT molecular complexity index is 697. The first-order valence-corrected chi connectivity index (χ1v) is 7.21. The van der Waals surface area contributed by atoms with Crippen molar-refractivity contribution < 1.29 is 12.9 Å². The molecule has 0 aliphatic heterocycles. The van der Waals surface area contributed by atoms with Crippen LogP contribution in [0.15, 0.2) is 33.7 Å². The number of hydrogen-bond acceptors (Lipinski definition) is 5. The number of nitrogens with zero attached hydrogens (tertiary/aromatic N) is 1. The number of nitrogens with two attached hydrogens (primary N) is 1. The average Bonchev–Trinajstić information content (AvgIpc) is 2.72. The van der Waals surface area contributed by atoms with E-state index in [4.69, 9.17) is 21.9 Å². The summed E-state index contributed by atoms with van der Waals surface area (Å²) in [4.78, 5) is -0.0281. The van der Waals surface area contributed by atoms with Crippen LogP contribution >= 0.6 is 11.6 Å². The second-order valence-electron chi connectivity index (χ2n) is 3.95. The zero-order chi connectivity index (χ0) is 14.0. The standard InChI is InChI=1S/C11H12ClN3O3S/c1-7-4-9(18-15-7)6-14-19(16,17)11-3-2-8(13)5-10(11)12/h2-5,14H,6,13H2,1H3. The number of benzene rings is 1. The second-order valence-corrected chi connectivity index (χ2v) is 6.09. The zero-order valence-corrected chi connectivity index (χ0v) is 11.6. The van der Waals surface area contributed by atoms with Gasteiger partial charge in [-0.2, -0.15) is 0 Å². The number of rotatable bonds is 4.